The van der Waals surface area contributed by atoms with Crippen LogP contribution in [0, 0.1) is 13.8 Å². The standard InChI is InChI=1S/C29H36N6O/c1-4-7-27(28-31-32-33-35(28)25-8-5-6-9-25)34(18-22-13-10-20(2)11-14-22)19-24-17-23-16-21(3)12-15-26(23)30-29(24)36/h10-17,25,27H,4-9,18-19H2,1-3H3,(H,30,36). The summed E-state index contributed by atoms with van der Waals surface area (Å²) in [6, 6.07) is 17.2. The molecule has 0 amide bonds. The Morgan fingerprint density at radius 2 is 1.78 bits per heavy atom. The van der Waals surface area contributed by atoms with Crippen molar-refractivity contribution in [3.8, 4) is 0 Å². The van der Waals surface area contributed by atoms with Crippen LogP contribution in [0.15, 0.2) is 53.3 Å². The fraction of sp³-hybridized carbons (Fsp3) is 0.448. The molecular weight excluding hydrogens is 448 g/mol. The van der Waals surface area contributed by atoms with Crippen molar-refractivity contribution < 1.29 is 0 Å². The summed E-state index contributed by atoms with van der Waals surface area (Å²) in [6.45, 7) is 7.62. The van der Waals surface area contributed by atoms with Crippen LogP contribution in [0.4, 0.5) is 0 Å². The van der Waals surface area contributed by atoms with Crippen molar-refractivity contribution in [2.45, 2.75) is 84.5 Å². The average molecular weight is 485 g/mol. The predicted octanol–water partition coefficient (Wildman–Crippen LogP) is 5.79. The van der Waals surface area contributed by atoms with Crippen LogP contribution in [-0.4, -0.2) is 30.1 Å². The SMILES string of the molecule is CCCC(c1nnnn1C1CCCC1)N(Cc1ccc(C)cc1)Cc1cc2cc(C)ccc2[nH]c1=O. The van der Waals surface area contributed by atoms with Crippen molar-refractivity contribution in [2.75, 3.05) is 0 Å². The molecular formula is C29H36N6O. The maximum absolute atomic E-state index is 13.2. The smallest absolute Gasteiger partial charge is 0.252 e. The van der Waals surface area contributed by atoms with Gasteiger partial charge in [0.2, 0.25) is 0 Å². The highest BCUT2D eigenvalue weighted by molar-refractivity contribution is 5.79. The third-order valence-corrected chi connectivity index (χ3v) is 7.45. The van der Waals surface area contributed by atoms with E-state index in [-0.39, 0.29) is 11.6 Å². The third-order valence-electron chi connectivity index (χ3n) is 7.45. The molecule has 0 saturated heterocycles. The van der Waals surface area contributed by atoms with Crippen molar-refractivity contribution in [3.63, 3.8) is 0 Å². The molecule has 1 saturated carbocycles. The molecule has 2 aromatic heterocycles. The first-order chi connectivity index (χ1) is 17.5. The molecule has 2 heterocycles. The summed E-state index contributed by atoms with van der Waals surface area (Å²) in [5.74, 6) is 0.920. The first-order valence-corrected chi connectivity index (χ1v) is 13.2. The van der Waals surface area contributed by atoms with Gasteiger partial charge in [0.05, 0.1) is 12.1 Å². The number of rotatable bonds is 9. The lowest BCUT2D eigenvalue weighted by Gasteiger charge is -2.31. The van der Waals surface area contributed by atoms with Gasteiger partial charge in [0, 0.05) is 24.2 Å². The van der Waals surface area contributed by atoms with Crippen molar-refractivity contribution in [2.24, 2.45) is 0 Å². The number of nitrogens with one attached hydrogen (secondary N) is 1. The number of hydrogen-bond donors (Lipinski definition) is 1. The van der Waals surface area contributed by atoms with Gasteiger partial charge in [-0.3, -0.25) is 9.69 Å². The number of tetrazole rings is 1. The molecule has 1 aliphatic rings. The number of hydrogen-bond acceptors (Lipinski definition) is 5. The van der Waals surface area contributed by atoms with Gasteiger partial charge >= 0.3 is 0 Å². The van der Waals surface area contributed by atoms with Crippen LogP contribution in [0.2, 0.25) is 0 Å². The summed E-state index contributed by atoms with van der Waals surface area (Å²) < 4.78 is 2.07. The lowest BCUT2D eigenvalue weighted by molar-refractivity contribution is 0.153. The number of aromatic nitrogens is 5. The van der Waals surface area contributed by atoms with Gasteiger partial charge in [0.25, 0.3) is 5.56 Å². The van der Waals surface area contributed by atoms with Crippen LogP contribution in [0.5, 0.6) is 0 Å². The van der Waals surface area contributed by atoms with Crippen LogP contribution < -0.4 is 5.56 Å². The molecule has 0 aliphatic heterocycles. The number of H-pyrrole nitrogens is 1. The largest absolute Gasteiger partial charge is 0.322 e. The number of aryl methyl sites for hydroxylation is 2. The molecule has 7 heteroatoms. The van der Waals surface area contributed by atoms with Crippen LogP contribution in [0.3, 0.4) is 0 Å². The minimum atomic E-state index is -0.0362. The second kappa shape index (κ2) is 10.7. The topological polar surface area (TPSA) is 79.7 Å². The predicted molar refractivity (Wildman–Crippen MR) is 143 cm³/mol. The number of benzene rings is 2. The van der Waals surface area contributed by atoms with Crippen LogP contribution >= 0.6 is 0 Å². The molecule has 2 aromatic carbocycles. The molecule has 1 fully saturated rings. The van der Waals surface area contributed by atoms with Gasteiger partial charge in [-0.25, -0.2) is 4.68 Å². The van der Waals surface area contributed by atoms with Gasteiger partial charge in [-0.2, -0.15) is 0 Å². The van der Waals surface area contributed by atoms with Crippen molar-refractivity contribution in [3.05, 3.63) is 87.0 Å². The summed E-state index contributed by atoms with van der Waals surface area (Å²) in [5.41, 5.74) is 5.23. The van der Waals surface area contributed by atoms with E-state index < -0.39 is 0 Å². The zero-order valence-corrected chi connectivity index (χ0v) is 21.6. The Morgan fingerprint density at radius 1 is 1.03 bits per heavy atom. The van der Waals surface area contributed by atoms with Gasteiger partial charge in [0.1, 0.15) is 0 Å². The van der Waals surface area contributed by atoms with E-state index in [2.05, 4.69) is 81.2 Å². The molecule has 0 bridgehead atoms. The molecule has 0 radical (unpaired) electrons. The van der Waals surface area contributed by atoms with Gasteiger partial charge in [-0.1, -0.05) is 67.6 Å². The number of aromatic amines is 1. The lowest BCUT2D eigenvalue weighted by atomic mass is 10.0. The third kappa shape index (κ3) is 5.26. The Labute approximate surface area is 212 Å². The van der Waals surface area contributed by atoms with E-state index in [0.29, 0.717) is 19.1 Å². The van der Waals surface area contributed by atoms with Gasteiger partial charge in [-0.05, 0) is 72.7 Å². The first kappa shape index (κ1) is 24.4. The molecule has 36 heavy (non-hydrogen) atoms. The second-order valence-corrected chi connectivity index (χ2v) is 10.3. The normalized spacial score (nSPS) is 15.2. The quantitative estimate of drug-likeness (QED) is 0.325. The van der Waals surface area contributed by atoms with E-state index in [9.17, 15) is 4.79 Å². The van der Waals surface area contributed by atoms with Crippen LogP contribution in [0.25, 0.3) is 10.9 Å². The first-order valence-electron chi connectivity index (χ1n) is 13.2. The van der Waals surface area contributed by atoms with E-state index in [1.807, 2.05) is 18.2 Å². The zero-order valence-electron chi connectivity index (χ0n) is 21.6. The maximum Gasteiger partial charge on any atom is 0.252 e. The Hall–Kier alpha value is -3.32. The molecule has 7 nitrogen and oxygen atoms in total. The summed E-state index contributed by atoms with van der Waals surface area (Å²) >= 11 is 0. The summed E-state index contributed by atoms with van der Waals surface area (Å²) in [6.07, 6.45) is 6.61. The summed E-state index contributed by atoms with van der Waals surface area (Å²) in [7, 11) is 0. The minimum Gasteiger partial charge on any atom is -0.322 e. The fourth-order valence-electron chi connectivity index (χ4n) is 5.49. The molecule has 0 spiro atoms. The maximum atomic E-state index is 13.2. The summed E-state index contributed by atoms with van der Waals surface area (Å²) in [4.78, 5) is 18.6. The highest BCUT2D eigenvalue weighted by atomic mass is 16.1. The van der Waals surface area contributed by atoms with Gasteiger partial charge in [-0.15, -0.1) is 5.10 Å². The molecule has 1 unspecified atom stereocenters. The fourth-order valence-corrected chi connectivity index (χ4v) is 5.49. The number of nitrogens with zero attached hydrogens (tertiary/aromatic N) is 5. The zero-order chi connectivity index (χ0) is 25.1. The Kier molecular flexibility index (Phi) is 7.28. The Bertz CT molecular complexity index is 1370. The van der Waals surface area contributed by atoms with Gasteiger partial charge < -0.3 is 4.98 Å². The molecule has 1 aliphatic carbocycles. The number of pyridine rings is 1. The molecule has 5 rings (SSSR count). The van der Waals surface area contributed by atoms with E-state index in [4.69, 9.17) is 0 Å². The minimum absolute atomic E-state index is 0.0134. The van der Waals surface area contributed by atoms with Crippen LogP contribution in [-0.2, 0) is 13.1 Å². The van der Waals surface area contributed by atoms with Crippen molar-refractivity contribution in [1.29, 1.82) is 0 Å². The van der Waals surface area contributed by atoms with Gasteiger partial charge in [0.15, 0.2) is 5.82 Å². The Balaban J connectivity index is 1.55. The van der Waals surface area contributed by atoms with Crippen LogP contribution in [0.1, 0.15) is 85.6 Å². The molecule has 188 valence electrons. The molecule has 1 N–H and O–H groups in total. The van der Waals surface area contributed by atoms with E-state index in [0.717, 1.165) is 48.0 Å². The Morgan fingerprint density at radius 3 is 2.53 bits per heavy atom. The average Bonchev–Trinajstić information content (AvgIpc) is 3.56. The van der Waals surface area contributed by atoms with E-state index >= 15 is 0 Å². The summed E-state index contributed by atoms with van der Waals surface area (Å²) in [5, 5.41) is 14.2. The van der Waals surface area contributed by atoms with E-state index in [1.165, 1.54) is 29.5 Å². The highest BCUT2D eigenvalue weighted by Crippen LogP contribution is 2.34. The highest BCUT2D eigenvalue weighted by Gasteiger charge is 2.30. The monoisotopic (exact) mass is 484 g/mol. The number of fused-ring (bicyclic) bond motifs is 1. The lowest BCUT2D eigenvalue weighted by Crippen LogP contribution is -2.33. The second-order valence-electron chi connectivity index (χ2n) is 10.3. The molecule has 4 aromatic rings. The van der Waals surface area contributed by atoms with E-state index in [1.54, 1.807) is 0 Å². The van der Waals surface area contributed by atoms with Crippen molar-refractivity contribution >= 4 is 10.9 Å². The van der Waals surface area contributed by atoms with Crippen molar-refractivity contribution in [1.82, 2.24) is 30.1 Å². The molecule has 1 atom stereocenters.